The van der Waals surface area contributed by atoms with Gasteiger partial charge < -0.3 is 9.64 Å². The third-order valence-electron chi connectivity index (χ3n) is 3.64. The molecule has 0 aliphatic heterocycles. The standard InChI is InChI=1S/C20H22ClN3O2/c1-4-9-24(13-16-7-5-15(11-22)6-8-16)20(25)17-10-18(21)19(23-12-17)26-14(2)3/h5-8,10,12,14H,4,9,13H2,1-3H3. The van der Waals surface area contributed by atoms with Crippen LogP contribution in [0, 0.1) is 11.3 Å². The summed E-state index contributed by atoms with van der Waals surface area (Å²) in [5.74, 6) is 0.189. The van der Waals surface area contributed by atoms with Crippen LogP contribution in [0.2, 0.25) is 5.02 Å². The maximum absolute atomic E-state index is 12.9. The van der Waals surface area contributed by atoms with Crippen molar-refractivity contribution in [2.45, 2.75) is 39.8 Å². The lowest BCUT2D eigenvalue weighted by Crippen LogP contribution is -2.31. The highest BCUT2D eigenvalue weighted by atomic mass is 35.5. The van der Waals surface area contributed by atoms with Gasteiger partial charge in [-0.2, -0.15) is 5.26 Å². The molecule has 0 fully saturated rings. The van der Waals surface area contributed by atoms with Gasteiger partial charge in [-0.25, -0.2) is 4.98 Å². The zero-order chi connectivity index (χ0) is 19.1. The molecule has 1 amide bonds. The third-order valence-corrected chi connectivity index (χ3v) is 3.91. The van der Waals surface area contributed by atoms with Crippen molar-refractivity contribution in [1.82, 2.24) is 9.88 Å². The molecule has 1 aromatic heterocycles. The van der Waals surface area contributed by atoms with Gasteiger partial charge in [-0.1, -0.05) is 30.7 Å². The molecule has 0 aliphatic carbocycles. The molecular formula is C20H22ClN3O2. The Morgan fingerprint density at radius 2 is 2.04 bits per heavy atom. The predicted molar refractivity (Wildman–Crippen MR) is 101 cm³/mol. The highest BCUT2D eigenvalue weighted by Gasteiger charge is 2.18. The van der Waals surface area contributed by atoms with Crippen LogP contribution in [0.3, 0.4) is 0 Å². The minimum atomic E-state index is -0.137. The monoisotopic (exact) mass is 371 g/mol. The number of hydrogen-bond donors (Lipinski definition) is 0. The van der Waals surface area contributed by atoms with E-state index in [1.165, 1.54) is 6.20 Å². The van der Waals surface area contributed by atoms with Crippen molar-refractivity contribution in [2.24, 2.45) is 0 Å². The van der Waals surface area contributed by atoms with Crippen LogP contribution in [0.5, 0.6) is 5.88 Å². The summed E-state index contributed by atoms with van der Waals surface area (Å²) in [5.41, 5.74) is 1.98. The largest absolute Gasteiger partial charge is 0.474 e. The molecule has 0 aliphatic rings. The number of nitriles is 1. The second-order valence-electron chi connectivity index (χ2n) is 6.21. The van der Waals surface area contributed by atoms with Gasteiger partial charge in [0.15, 0.2) is 0 Å². The van der Waals surface area contributed by atoms with Crippen LogP contribution in [0.25, 0.3) is 0 Å². The van der Waals surface area contributed by atoms with Gasteiger partial charge in [-0.3, -0.25) is 4.79 Å². The fourth-order valence-corrected chi connectivity index (χ4v) is 2.67. The van der Waals surface area contributed by atoms with Crippen LogP contribution in [0.1, 0.15) is 48.7 Å². The highest BCUT2D eigenvalue weighted by Crippen LogP contribution is 2.24. The molecule has 2 aromatic rings. The molecule has 5 nitrogen and oxygen atoms in total. The molecule has 2 rings (SSSR count). The fraction of sp³-hybridized carbons (Fsp3) is 0.350. The number of carbonyl (C=O) groups is 1. The summed E-state index contributed by atoms with van der Waals surface area (Å²) >= 11 is 6.20. The van der Waals surface area contributed by atoms with Crippen LogP contribution in [-0.2, 0) is 6.54 Å². The van der Waals surface area contributed by atoms with Crippen LogP contribution >= 0.6 is 11.6 Å². The van der Waals surface area contributed by atoms with Gasteiger partial charge in [0.2, 0.25) is 5.88 Å². The van der Waals surface area contributed by atoms with E-state index >= 15 is 0 Å². The number of benzene rings is 1. The molecule has 1 aromatic carbocycles. The van der Waals surface area contributed by atoms with E-state index in [0.717, 1.165) is 12.0 Å². The topological polar surface area (TPSA) is 66.2 Å². The molecule has 136 valence electrons. The highest BCUT2D eigenvalue weighted by molar-refractivity contribution is 6.32. The quantitative estimate of drug-likeness (QED) is 0.721. The number of halogens is 1. The lowest BCUT2D eigenvalue weighted by molar-refractivity contribution is 0.0742. The normalized spacial score (nSPS) is 10.5. The van der Waals surface area contributed by atoms with E-state index < -0.39 is 0 Å². The average Bonchev–Trinajstić information content (AvgIpc) is 2.62. The maximum atomic E-state index is 12.9. The summed E-state index contributed by atoms with van der Waals surface area (Å²) in [6.45, 7) is 6.86. The smallest absolute Gasteiger partial charge is 0.255 e. The number of hydrogen-bond acceptors (Lipinski definition) is 4. The summed E-state index contributed by atoms with van der Waals surface area (Å²) in [4.78, 5) is 18.8. The van der Waals surface area contributed by atoms with Crippen molar-refractivity contribution < 1.29 is 9.53 Å². The molecule has 6 heteroatoms. The lowest BCUT2D eigenvalue weighted by atomic mass is 10.1. The third kappa shape index (κ3) is 5.21. The summed E-state index contributed by atoms with van der Waals surface area (Å²) in [7, 11) is 0. The SMILES string of the molecule is CCCN(Cc1ccc(C#N)cc1)C(=O)c1cnc(OC(C)C)c(Cl)c1. The Morgan fingerprint density at radius 3 is 2.58 bits per heavy atom. The molecule has 0 unspecified atom stereocenters. The molecule has 0 atom stereocenters. The molecule has 0 saturated carbocycles. The van der Waals surface area contributed by atoms with Crippen molar-refractivity contribution in [2.75, 3.05) is 6.54 Å². The Labute approximate surface area is 159 Å². The lowest BCUT2D eigenvalue weighted by Gasteiger charge is -2.22. The first kappa shape index (κ1) is 19.7. The molecule has 26 heavy (non-hydrogen) atoms. The van der Waals surface area contributed by atoms with Gasteiger partial charge in [0.1, 0.15) is 5.02 Å². The summed E-state index contributed by atoms with van der Waals surface area (Å²) in [5, 5.41) is 9.21. The number of pyridine rings is 1. The van der Waals surface area contributed by atoms with E-state index in [9.17, 15) is 4.79 Å². The van der Waals surface area contributed by atoms with E-state index in [1.807, 2.05) is 32.9 Å². The summed E-state index contributed by atoms with van der Waals surface area (Å²) in [6.07, 6.45) is 2.28. The van der Waals surface area contributed by atoms with E-state index in [0.29, 0.717) is 35.1 Å². The van der Waals surface area contributed by atoms with Crippen molar-refractivity contribution in [3.63, 3.8) is 0 Å². The molecular weight excluding hydrogens is 350 g/mol. The second kappa shape index (κ2) is 9.21. The number of nitrogens with zero attached hydrogens (tertiary/aromatic N) is 3. The van der Waals surface area contributed by atoms with E-state index in [2.05, 4.69) is 11.1 Å². The van der Waals surface area contributed by atoms with Gasteiger partial charge in [0, 0.05) is 19.3 Å². The van der Waals surface area contributed by atoms with Gasteiger partial charge >= 0.3 is 0 Å². The van der Waals surface area contributed by atoms with Crippen molar-refractivity contribution >= 4 is 17.5 Å². The zero-order valence-corrected chi connectivity index (χ0v) is 16.0. The average molecular weight is 372 g/mol. The first-order valence-electron chi connectivity index (χ1n) is 8.55. The Kier molecular flexibility index (Phi) is 6.99. The summed E-state index contributed by atoms with van der Waals surface area (Å²) < 4.78 is 5.51. The minimum absolute atomic E-state index is 0.0467. The number of carbonyl (C=O) groups excluding carboxylic acids is 1. The molecule has 1 heterocycles. The molecule has 0 radical (unpaired) electrons. The predicted octanol–water partition coefficient (Wildman–Crippen LogP) is 4.45. The Balaban J connectivity index is 2.19. The number of ether oxygens (including phenoxy) is 1. The number of aromatic nitrogens is 1. The van der Waals surface area contributed by atoms with E-state index in [1.54, 1.807) is 23.1 Å². The van der Waals surface area contributed by atoms with Gasteiger partial charge in [0.05, 0.1) is 23.3 Å². The Bertz CT molecular complexity index is 798. The molecule has 0 saturated heterocycles. The van der Waals surface area contributed by atoms with E-state index in [4.69, 9.17) is 21.6 Å². The number of amides is 1. The van der Waals surface area contributed by atoms with Crippen molar-refractivity contribution in [3.8, 4) is 11.9 Å². The Morgan fingerprint density at radius 1 is 1.35 bits per heavy atom. The first-order valence-corrected chi connectivity index (χ1v) is 8.93. The van der Waals surface area contributed by atoms with Crippen molar-refractivity contribution in [1.29, 1.82) is 5.26 Å². The van der Waals surface area contributed by atoms with Crippen LogP contribution in [-0.4, -0.2) is 28.4 Å². The zero-order valence-electron chi connectivity index (χ0n) is 15.2. The van der Waals surface area contributed by atoms with Crippen LogP contribution in [0.15, 0.2) is 36.5 Å². The van der Waals surface area contributed by atoms with Crippen LogP contribution < -0.4 is 4.74 Å². The van der Waals surface area contributed by atoms with Gasteiger partial charge in [-0.15, -0.1) is 0 Å². The fourth-order valence-electron chi connectivity index (χ4n) is 2.46. The minimum Gasteiger partial charge on any atom is -0.474 e. The maximum Gasteiger partial charge on any atom is 0.255 e. The Hall–Kier alpha value is -2.58. The van der Waals surface area contributed by atoms with Gasteiger partial charge in [0.25, 0.3) is 5.91 Å². The summed E-state index contributed by atoms with van der Waals surface area (Å²) in [6, 6.07) is 10.9. The van der Waals surface area contributed by atoms with Crippen LogP contribution in [0.4, 0.5) is 0 Å². The first-order chi connectivity index (χ1) is 12.4. The molecule has 0 bridgehead atoms. The molecule has 0 N–H and O–H groups in total. The second-order valence-corrected chi connectivity index (χ2v) is 6.62. The van der Waals surface area contributed by atoms with Crippen molar-refractivity contribution in [3.05, 3.63) is 58.2 Å². The molecule has 0 spiro atoms. The number of rotatable bonds is 7. The van der Waals surface area contributed by atoms with E-state index in [-0.39, 0.29) is 12.0 Å². The van der Waals surface area contributed by atoms with Gasteiger partial charge in [-0.05, 0) is 44.0 Å².